The standard InChI is InChI=1S/C19H22ClN7O2/c1-11-14-17(25-27(11)12-3-8-29-19(9-12)4-5-19)28-7-2-6-26-16-13(15(20)24-26)10-21-18(22-14)23-16/h10,12H,2-9H2,1H3,(H,21,22,23)/t12-/m1/s1/i1D3. The van der Waals surface area contributed by atoms with E-state index in [9.17, 15) is 0 Å². The molecule has 1 atom stereocenters. The van der Waals surface area contributed by atoms with Gasteiger partial charge in [-0.1, -0.05) is 11.6 Å². The van der Waals surface area contributed by atoms with Crippen LogP contribution < -0.4 is 10.1 Å². The minimum absolute atomic E-state index is 0.0730. The number of nitrogens with one attached hydrogen (secondary N) is 1. The van der Waals surface area contributed by atoms with Crippen molar-refractivity contribution in [1.82, 2.24) is 29.5 Å². The number of aryl methyl sites for hydroxylation is 1. The van der Waals surface area contributed by atoms with Crippen LogP contribution in [-0.4, -0.2) is 48.3 Å². The number of rotatable bonds is 1. The molecule has 1 N–H and O–H groups in total. The van der Waals surface area contributed by atoms with E-state index in [2.05, 4.69) is 25.5 Å². The van der Waals surface area contributed by atoms with Gasteiger partial charge in [0.1, 0.15) is 5.69 Å². The Kier molecular flexibility index (Phi) is 3.17. The molecular formula is C19H22ClN7O2. The molecule has 1 saturated heterocycles. The smallest absolute Gasteiger partial charge is 0.257 e. The Labute approximate surface area is 176 Å². The fraction of sp³-hybridized carbons (Fsp3) is 0.579. The molecule has 1 saturated carbocycles. The highest BCUT2D eigenvalue weighted by molar-refractivity contribution is 6.34. The predicted molar refractivity (Wildman–Crippen MR) is 107 cm³/mol. The number of halogens is 1. The fourth-order valence-corrected chi connectivity index (χ4v) is 4.45. The molecule has 3 aliphatic rings. The van der Waals surface area contributed by atoms with Crippen molar-refractivity contribution in [2.45, 2.75) is 57.1 Å². The summed E-state index contributed by atoms with van der Waals surface area (Å²) in [6.45, 7) is -0.938. The highest BCUT2D eigenvalue weighted by atomic mass is 35.5. The lowest BCUT2D eigenvalue weighted by molar-refractivity contribution is -0.0274. The van der Waals surface area contributed by atoms with E-state index < -0.39 is 6.85 Å². The maximum Gasteiger partial charge on any atom is 0.257 e. The summed E-state index contributed by atoms with van der Waals surface area (Å²) >= 11 is 6.22. The van der Waals surface area contributed by atoms with Crippen molar-refractivity contribution in [2.75, 3.05) is 18.5 Å². The summed E-state index contributed by atoms with van der Waals surface area (Å²) in [6.07, 6.45) is 5.67. The molecule has 1 spiro atoms. The van der Waals surface area contributed by atoms with Gasteiger partial charge in [0.25, 0.3) is 5.88 Å². The van der Waals surface area contributed by atoms with E-state index in [1.165, 1.54) is 0 Å². The predicted octanol–water partition coefficient (Wildman–Crippen LogP) is 3.39. The zero-order valence-corrected chi connectivity index (χ0v) is 16.4. The molecule has 0 amide bonds. The fourth-order valence-electron chi connectivity index (χ4n) is 4.22. The van der Waals surface area contributed by atoms with E-state index in [1.54, 1.807) is 15.6 Å². The van der Waals surface area contributed by atoms with Crippen LogP contribution in [0.3, 0.4) is 0 Å². The van der Waals surface area contributed by atoms with Gasteiger partial charge >= 0.3 is 0 Å². The monoisotopic (exact) mass is 418 g/mol. The Morgan fingerprint density at radius 3 is 3.14 bits per heavy atom. The molecule has 3 aromatic rings. The van der Waals surface area contributed by atoms with Crippen LogP contribution in [0.25, 0.3) is 11.0 Å². The second-order valence-corrected chi connectivity index (χ2v) is 8.28. The van der Waals surface area contributed by atoms with Crippen molar-refractivity contribution >= 4 is 34.3 Å². The summed E-state index contributed by atoms with van der Waals surface area (Å²) in [5.74, 6) is 0.478. The van der Waals surface area contributed by atoms with Gasteiger partial charge < -0.3 is 14.8 Å². The zero-order valence-electron chi connectivity index (χ0n) is 18.7. The molecule has 9 nitrogen and oxygen atoms in total. The third-order valence-corrected chi connectivity index (χ3v) is 6.21. The number of fused-ring (bicyclic) bond motifs is 2. The summed E-state index contributed by atoms with van der Waals surface area (Å²) in [5, 5.41) is 13.0. The lowest BCUT2D eigenvalue weighted by Gasteiger charge is -2.30. The van der Waals surface area contributed by atoms with E-state index in [1.807, 2.05) is 0 Å². The molecule has 0 unspecified atom stereocenters. The Bertz CT molecular complexity index is 1200. The van der Waals surface area contributed by atoms with Crippen LogP contribution in [0.15, 0.2) is 6.20 Å². The van der Waals surface area contributed by atoms with Gasteiger partial charge in [-0.2, -0.15) is 10.1 Å². The first-order valence-corrected chi connectivity index (χ1v) is 10.3. The summed E-state index contributed by atoms with van der Waals surface area (Å²) in [5.41, 5.74) is 0.839. The number of ether oxygens (including phenoxy) is 2. The minimum atomic E-state index is -2.42. The Morgan fingerprint density at radius 1 is 1.34 bits per heavy atom. The molecule has 10 heteroatoms. The van der Waals surface area contributed by atoms with Crippen LogP contribution in [0, 0.1) is 6.85 Å². The normalized spacial score (nSPS) is 24.7. The molecule has 0 aromatic carbocycles. The van der Waals surface area contributed by atoms with E-state index in [4.69, 9.17) is 25.2 Å². The highest BCUT2D eigenvalue weighted by Crippen LogP contribution is 2.50. The van der Waals surface area contributed by atoms with Gasteiger partial charge in [-0.3, -0.25) is 4.68 Å². The second-order valence-electron chi connectivity index (χ2n) is 7.92. The zero-order chi connectivity index (χ0) is 22.1. The van der Waals surface area contributed by atoms with Gasteiger partial charge in [0, 0.05) is 29.9 Å². The lowest BCUT2D eigenvalue weighted by atomic mass is 10.0. The molecule has 152 valence electrons. The lowest BCUT2D eigenvalue weighted by Crippen LogP contribution is -2.30. The van der Waals surface area contributed by atoms with E-state index >= 15 is 0 Å². The van der Waals surface area contributed by atoms with Crippen LogP contribution in [0.4, 0.5) is 11.6 Å². The average molecular weight is 419 g/mol. The van der Waals surface area contributed by atoms with Gasteiger partial charge in [0.15, 0.2) is 10.8 Å². The molecule has 1 aliphatic carbocycles. The Balaban J connectivity index is 1.47. The third kappa shape index (κ3) is 2.86. The van der Waals surface area contributed by atoms with Crippen LogP contribution in [0.5, 0.6) is 5.88 Å². The minimum Gasteiger partial charge on any atom is -0.475 e. The van der Waals surface area contributed by atoms with Crippen molar-refractivity contribution in [3.63, 3.8) is 0 Å². The molecule has 29 heavy (non-hydrogen) atoms. The molecule has 2 aliphatic heterocycles. The first-order chi connectivity index (χ1) is 15.3. The van der Waals surface area contributed by atoms with Crippen molar-refractivity contribution in [3.8, 4) is 5.88 Å². The largest absolute Gasteiger partial charge is 0.475 e. The van der Waals surface area contributed by atoms with E-state index in [0.29, 0.717) is 48.8 Å². The first kappa shape index (κ1) is 14.6. The quantitative estimate of drug-likeness (QED) is 0.647. The molecule has 0 radical (unpaired) electrons. The Hall–Kier alpha value is -2.39. The molecule has 3 aromatic heterocycles. The van der Waals surface area contributed by atoms with Crippen LogP contribution in [0.2, 0.25) is 5.15 Å². The van der Waals surface area contributed by atoms with Crippen molar-refractivity contribution < 1.29 is 13.6 Å². The number of hydrogen-bond acceptors (Lipinski definition) is 7. The molecular weight excluding hydrogens is 394 g/mol. The second kappa shape index (κ2) is 6.30. The molecule has 6 rings (SSSR count). The van der Waals surface area contributed by atoms with E-state index in [-0.39, 0.29) is 34.9 Å². The maximum atomic E-state index is 8.26. The molecule has 5 heterocycles. The van der Waals surface area contributed by atoms with Crippen molar-refractivity contribution in [2.24, 2.45) is 0 Å². The number of anilines is 2. The SMILES string of the molecule is [2H]C([2H])([2H])c1c2c(nn1[C@@H]1CCOC3(CC3)C1)OCCCn1nc(Cl)c3cnc(nc31)N2. The molecule has 2 fully saturated rings. The number of nitrogens with zero attached hydrogens (tertiary/aromatic N) is 6. The highest BCUT2D eigenvalue weighted by Gasteiger charge is 2.48. The summed E-state index contributed by atoms with van der Waals surface area (Å²) in [4.78, 5) is 8.88. The van der Waals surface area contributed by atoms with Crippen LogP contribution in [-0.2, 0) is 11.3 Å². The van der Waals surface area contributed by atoms with Crippen LogP contribution >= 0.6 is 11.6 Å². The summed E-state index contributed by atoms with van der Waals surface area (Å²) in [7, 11) is 0. The van der Waals surface area contributed by atoms with Gasteiger partial charge in [-0.05, 0) is 32.5 Å². The van der Waals surface area contributed by atoms with E-state index in [0.717, 1.165) is 19.3 Å². The summed E-state index contributed by atoms with van der Waals surface area (Å²) < 4.78 is 40.0. The van der Waals surface area contributed by atoms with Crippen molar-refractivity contribution in [3.05, 3.63) is 17.0 Å². The summed E-state index contributed by atoms with van der Waals surface area (Å²) in [6, 6.07) is -0.0730. The molecule has 2 bridgehead atoms. The number of aromatic nitrogens is 6. The van der Waals surface area contributed by atoms with Gasteiger partial charge in [0.05, 0.1) is 29.3 Å². The maximum absolute atomic E-state index is 8.26. The van der Waals surface area contributed by atoms with Crippen LogP contribution in [0.1, 0.15) is 48.0 Å². The third-order valence-electron chi connectivity index (χ3n) is 5.93. The number of hydrogen-bond donors (Lipinski definition) is 1. The van der Waals surface area contributed by atoms with Gasteiger partial charge in [-0.15, -0.1) is 5.10 Å². The first-order valence-electron chi connectivity index (χ1n) is 11.4. The average Bonchev–Trinajstić information content (AvgIpc) is 3.26. The topological polar surface area (TPSA) is 91.9 Å². The van der Waals surface area contributed by atoms with Crippen molar-refractivity contribution in [1.29, 1.82) is 0 Å². The van der Waals surface area contributed by atoms with Gasteiger partial charge in [-0.25, -0.2) is 9.67 Å². The van der Waals surface area contributed by atoms with Gasteiger partial charge in [0.2, 0.25) is 5.95 Å². The Morgan fingerprint density at radius 2 is 2.28 bits per heavy atom.